The Balaban J connectivity index is 2.32. The first kappa shape index (κ1) is 20.6. The number of hydrogen-bond donors (Lipinski definition) is 3. The molecule has 0 aliphatic heterocycles. The van der Waals surface area contributed by atoms with Gasteiger partial charge in [0.15, 0.2) is 6.04 Å². The van der Waals surface area contributed by atoms with Gasteiger partial charge in [0.1, 0.15) is 6.04 Å². The van der Waals surface area contributed by atoms with Crippen molar-refractivity contribution in [3.05, 3.63) is 71.3 Å². The summed E-state index contributed by atoms with van der Waals surface area (Å²) in [5.41, 5.74) is 3.34. The number of amides is 3. The summed E-state index contributed by atoms with van der Waals surface area (Å²) in [5, 5.41) is 6.91. The molecule has 0 unspecified atom stereocenters. The van der Waals surface area contributed by atoms with E-state index in [1.807, 2.05) is 30.3 Å². The van der Waals surface area contributed by atoms with Crippen molar-refractivity contribution in [3.63, 3.8) is 0 Å². The number of rotatable bonds is 7. The zero-order chi connectivity index (χ0) is 19.8. The number of aryl methyl sites for hydroxylation is 1. The summed E-state index contributed by atoms with van der Waals surface area (Å²) in [5.74, 6) is -0.00660. The number of carbonyl (C=O) groups is 2. The fourth-order valence-corrected chi connectivity index (χ4v) is 3.16. The Bertz CT molecular complexity index is 742. The standard InChI is InChI=1S/C22H29N3O2/c1-5-16-11-13-18(14-12-16)19(15(2)3)24-20(17-9-7-6-8-10-17)21(26)25-22(27)23-4/h6-15,19-20,24H,5H2,1-4H3,(H2,23,25,26,27)/p+1/t19-,20+/m0/s1. The average molecular weight is 369 g/mol. The summed E-state index contributed by atoms with van der Waals surface area (Å²) >= 11 is 0. The van der Waals surface area contributed by atoms with Crippen LogP contribution in [0.3, 0.4) is 0 Å². The fraction of sp³-hybridized carbons (Fsp3) is 0.364. The van der Waals surface area contributed by atoms with E-state index in [9.17, 15) is 9.59 Å². The molecule has 0 fully saturated rings. The summed E-state index contributed by atoms with van der Waals surface area (Å²) in [6.45, 7) is 6.43. The fourth-order valence-electron chi connectivity index (χ4n) is 3.16. The molecule has 0 aromatic heterocycles. The molecule has 2 aromatic rings. The lowest BCUT2D eigenvalue weighted by Gasteiger charge is -2.25. The van der Waals surface area contributed by atoms with Crippen molar-refractivity contribution in [1.29, 1.82) is 0 Å². The highest BCUT2D eigenvalue weighted by Gasteiger charge is 2.31. The van der Waals surface area contributed by atoms with Crippen LogP contribution < -0.4 is 16.0 Å². The Morgan fingerprint density at radius 2 is 1.59 bits per heavy atom. The molecule has 2 atom stereocenters. The van der Waals surface area contributed by atoms with Crippen LogP contribution in [0.25, 0.3) is 0 Å². The number of imide groups is 1. The molecular weight excluding hydrogens is 338 g/mol. The molecule has 0 bridgehead atoms. The third-order valence-corrected chi connectivity index (χ3v) is 4.80. The van der Waals surface area contributed by atoms with Crippen molar-refractivity contribution in [2.75, 3.05) is 7.05 Å². The highest BCUT2D eigenvalue weighted by atomic mass is 16.2. The normalized spacial score (nSPS) is 13.1. The Hall–Kier alpha value is -2.66. The summed E-state index contributed by atoms with van der Waals surface area (Å²) in [7, 11) is 1.50. The van der Waals surface area contributed by atoms with E-state index in [-0.39, 0.29) is 11.9 Å². The number of nitrogens with two attached hydrogens (primary N) is 1. The number of urea groups is 1. The van der Waals surface area contributed by atoms with Crippen LogP contribution in [0.4, 0.5) is 4.79 Å². The van der Waals surface area contributed by atoms with Gasteiger partial charge in [-0.1, -0.05) is 75.4 Å². The van der Waals surface area contributed by atoms with Crippen molar-refractivity contribution in [2.45, 2.75) is 39.3 Å². The van der Waals surface area contributed by atoms with Crippen LogP contribution in [0.5, 0.6) is 0 Å². The molecule has 0 saturated heterocycles. The molecule has 4 N–H and O–H groups in total. The number of benzene rings is 2. The Kier molecular flexibility index (Phi) is 7.55. The molecule has 0 aliphatic carbocycles. The van der Waals surface area contributed by atoms with Gasteiger partial charge in [-0.2, -0.15) is 0 Å². The number of nitrogens with one attached hydrogen (secondary N) is 2. The minimum atomic E-state index is -0.512. The van der Waals surface area contributed by atoms with Gasteiger partial charge in [0.05, 0.1) is 0 Å². The molecule has 0 saturated carbocycles. The largest absolute Gasteiger partial charge is 0.341 e. The predicted octanol–water partition coefficient (Wildman–Crippen LogP) is 2.71. The summed E-state index contributed by atoms with van der Waals surface area (Å²) in [6.07, 6.45) is 0.998. The second-order valence-electron chi connectivity index (χ2n) is 7.01. The molecule has 0 radical (unpaired) electrons. The zero-order valence-corrected chi connectivity index (χ0v) is 16.5. The maximum Gasteiger partial charge on any atom is 0.321 e. The van der Waals surface area contributed by atoms with Crippen LogP contribution in [0, 0.1) is 5.92 Å². The highest BCUT2D eigenvalue weighted by Crippen LogP contribution is 2.21. The third kappa shape index (κ3) is 5.66. The van der Waals surface area contributed by atoms with Crippen molar-refractivity contribution in [3.8, 4) is 0 Å². The molecule has 3 amide bonds. The van der Waals surface area contributed by atoms with Gasteiger partial charge >= 0.3 is 6.03 Å². The molecule has 0 heterocycles. The molecule has 5 nitrogen and oxygen atoms in total. The van der Waals surface area contributed by atoms with E-state index in [0.29, 0.717) is 5.92 Å². The van der Waals surface area contributed by atoms with Gasteiger partial charge in [-0.05, 0) is 12.0 Å². The molecular formula is C22H30N3O2+. The topological polar surface area (TPSA) is 74.8 Å². The SMILES string of the molecule is CCc1ccc([C@@H]([NH2+][C@@H](C(=O)NC(=O)NC)c2ccccc2)C(C)C)cc1. The molecule has 2 aromatic carbocycles. The molecule has 0 aliphatic rings. The molecule has 27 heavy (non-hydrogen) atoms. The highest BCUT2D eigenvalue weighted by molar-refractivity contribution is 5.96. The van der Waals surface area contributed by atoms with Gasteiger partial charge in [0, 0.05) is 24.1 Å². The van der Waals surface area contributed by atoms with Crippen LogP contribution in [0.15, 0.2) is 54.6 Å². The Labute approximate surface area is 161 Å². The van der Waals surface area contributed by atoms with Crippen molar-refractivity contribution < 1.29 is 14.9 Å². The van der Waals surface area contributed by atoms with Crippen LogP contribution in [-0.4, -0.2) is 19.0 Å². The van der Waals surface area contributed by atoms with Crippen molar-refractivity contribution in [1.82, 2.24) is 10.6 Å². The minimum absolute atomic E-state index is 0.0940. The van der Waals surface area contributed by atoms with E-state index in [4.69, 9.17) is 0 Å². The van der Waals surface area contributed by atoms with Gasteiger partial charge in [-0.15, -0.1) is 0 Å². The van der Waals surface area contributed by atoms with Gasteiger partial charge in [-0.25, -0.2) is 4.79 Å². The minimum Gasteiger partial charge on any atom is -0.341 e. The van der Waals surface area contributed by atoms with Crippen molar-refractivity contribution >= 4 is 11.9 Å². The van der Waals surface area contributed by atoms with Gasteiger partial charge in [-0.3, -0.25) is 10.1 Å². The summed E-state index contributed by atoms with van der Waals surface area (Å²) in [4.78, 5) is 24.5. The quantitative estimate of drug-likeness (QED) is 0.703. The van der Waals surface area contributed by atoms with Crippen molar-refractivity contribution in [2.24, 2.45) is 5.92 Å². The van der Waals surface area contributed by atoms with Crippen LogP contribution in [0.1, 0.15) is 49.5 Å². The van der Waals surface area contributed by atoms with E-state index in [0.717, 1.165) is 12.0 Å². The monoisotopic (exact) mass is 368 g/mol. The predicted molar refractivity (Wildman–Crippen MR) is 107 cm³/mol. The van der Waals surface area contributed by atoms with Gasteiger partial charge < -0.3 is 10.6 Å². The average Bonchev–Trinajstić information content (AvgIpc) is 2.69. The van der Waals surface area contributed by atoms with E-state index < -0.39 is 12.1 Å². The van der Waals surface area contributed by atoms with Gasteiger partial charge in [0.25, 0.3) is 5.91 Å². The maximum absolute atomic E-state index is 12.8. The zero-order valence-electron chi connectivity index (χ0n) is 16.5. The van der Waals surface area contributed by atoms with Crippen LogP contribution in [-0.2, 0) is 11.2 Å². The van der Waals surface area contributed by atoms with Gasteiger partial charge in [0.2, 0.25) is 0 Å². The first-order chi connectivity index (χ1) is 13.0. The smallest absolute Gasteiger partial charge is 0.321 e. The molecule has 144 valence electrons. The lowest BCUT2D eigenvalue weighted by Crippen LogP contribution is -2.89. The Morgan fingerprint density at radius 3 is 2.11 bits per heavy atom. The van der Waals surface area contributed by atoms with E-state index in [2.05, 4.69) is 61.0 Å². The molecule has 0 spiro atoms. The third-order valence-electron chi connectivity index (χ3n) is 4.80. The molecule has 2 rings (SSSR count). The lowest BCUT2D eigenvalue weighted by atomic mass is 9.93. The van der Waals surface area contributed by atoms with E-state index >= 15 is 0 Å². The Morgan fingerprint density at radius 1 is 0.963 bits per heavy atom. The summed E-state index contributed by atoms with van der Waals surface area (Å²) in [6, 6.07) is 17.2. The first-order valence-corrected chi connectivity index (χ1v) is 9.47. The van der Waals surface area contributed by atoms with E-state index in [1.54, 1.807) is 0 Å². The van der Waals surface area contributed by atoms with Crippen LogP contribution in [0.2, 0.25) is 0 Å². The first-order valence-electron chi connectivity index (χ1n) is 9.47. The second kappa shape index (κ2) is 9.88. The second-order valence-corrected chi connectivity index (χ2v) is 7.01. The summed E-state index contributed by atoms with van der Waals surface area (Å²) < 4.78 is 0. The number of hydrogen-bond acceptors (Lipinski definition) is 2. The van der Waals surface area contributed by atoms with E-state index in [1.165, 1.54) is 18.2 Å². The van der Waals surface area contributed by atoms with Crippen LogP contribution >= 0.6 is 0 Å². The number of quaternary nitrogens is 1. The molecule has 5 heteroatoms. The maximum atomic E-state index is 12.8. The number of carbonyl (C=O) groups excluding carboxylic acids is 2. The lowest BCUT2D eigenvalue weighted by molar-refractivity contribution is -0.728.